The minimum absolute atomic E-state index is 0.0140. The standard InChI is InChI=1S/C21H16N2O4/c1-13(20(25)23-17-8-4-5-14(9-17)12-22)27-21(26)18-10-15-6-2-3-7-16(15)11-19(18)24/h2-11,13,24H,1H3,(H,23,25)/t13-/m1/s1. The highest BCUT2D eigenvalue weighted by Gasteiger charge is 2.21. The zero-order chi connectivity index (χ0) is 19.4. The SMILES string of the molecule is C[C@@H](OC(=O)c1cc2ccccc2cc1O)C(=O)Nc1cccc(C#N)c1. The third kappa shape index (κ3) is 4.05. The van der Waals surface area contributed by atoms with E-state index >= 15 is 0 Å². The van der Waals surface area contributed by atoms with E-state index in [2.05, 4.69) is 5.32 Å². The number of benzene rings is 3. The number of aromatic hydroxyl groups is 1. The average molecular weight is 360 g/mol. The normalized spacial score (nSPS) is 11.4. The largest absolute Gasteiger partial charge is 0.507 e. The van der Waals surface area contributed by atoms with Crippen LogP contribution in [0.1, 0.15) is 22.8 Å². The summed E-state index contributed by atoms with van der Waals surface area (Å²) in [5.41, 5.74) is 0.814. The lowest BCUT2D eigenvalue weighted by Gasteiger charge is -2.14. The van der Waals surface area contributed by atoms with Crippen LogP contribution in [0.25, 0.3) is 10.8 Å². The van der Waals surface area contributed by atoms with Crippen molar-refractivity contribution in [2.75, 3.05) is 5.32 Å². The zero-order valence-electron chi connectivity index (χ0n) is 14.5. The molecular weight excluding hydrogens is 344 g/mol. The number of carbonyl (C=O) groups excluding carboxylic acids is 2. The Balaban J connectivity index is 1.72. The summed E-state index contributed by atoms with van der Waals surface area (Å²) >= 11 is 0. The van der Waals surface area contributed by atoms with Gasteiger partial charge in [0, 0.05) is 5.69 Å². The summed E-state index contributed by atoms with van der Waals surface area (Å²) in [6.07, 6.45) is -1.09. The first-order valence-electron chi connectivity index (χ1n) is 8.21. The number of rotatable bonds is 4. The molecule has 6 nitrogen and oxygen atoms in total. The Bertz CT molecular complexity index is 1070. The zero-order valence-corrected chi connectivity index (χ0v) is 14.5. The first-order valence-corrected chi connectivity index (χ1v) is 8.21. The fraction of sp³-hybridized carbons (Fsp3) is 0.0952. The molecule has 0 aromatic heterocycles. The van der Waals surface area contributed by atoms with Gasteiger partial charge in [-0.3, -0.25) is 4.79 Å². The number of hydrogen-bond acceptors (Lipinski definition) is 5. The number of phenols is 1. The molecule has 0 bridgehead atoms. The van der Waals surface area contributed by atoms with Crippen molar-refractivity contribution >= 4 is 28.3 Å². The van der Waals surface area contributed by atoms with Gasteiger partial charge < -0.3 is 15.2 Å². The monoisotopic (exact) mass is 360 g/mol. The summed E-state index contributed by atoms with van der Waals surface area (Å²) in [4.78, 5) is 24.6. The van der Waals surface area contributed by atoms with Crippen molar-refractivity contribution in [3.05, 3.63) is 71.8 Å². The number of phenolic OH excluding ortho intramolecular Hbond substituents is 1. The van der Waals surface area contributed by atoms with E-state index in [1.54, 1.807) is 18.2 Å². The molecule has 0 spiro atoms. The number of ether oxygens (including phenoxy) is 1. The highest BCUT2D eigenvalue weighted by molar-refractivity contribution is 6.01. The number of hydrogen-bond donors (Lipinski definition) is 2. The van der Waals surface area contributed by atoms with E-state index in [1.165, 1.54) is 25.1 Å². The minimum Gasteiger partial charge on any atom is -0.507 e. The highest BCUT2D eigenvalue weighted by Crippen LogP contribution is 2.26. The topological polar surface area (TPSA) is 99.4 Å². The smallest absolute Gasteiger partial charge is 0.342 e. The van der Waals surface area contributed by atoms with Crippen LogP contribution >= 0.6 is 0 Å². The number of esters is 1. The van der Waals surface area contributed by atoms with Crippen molar-refractivity contribution in [3.63, 3.8) is 0 Å². The molecule has 0 fully saturated rings. The summed E-state index contributed by atoms with van der Waals surface area (Å²) in [6.45, 7) is 1.43. The second kappa shape index (κ2) is 7.58. The first kappa shape index (κ1) is 18.0. The number of carbonyl (C=O) groups is 2. The average Bonchev–Trinajstić information content (AvgIpc) is 2.67. The molecule has 6 heteroatoms. The Kier molecular flexibility index (Phi) is 5.04. The second-order valence-electron chi connectivity index (χ2n) is 5.95. The van der Waals surface area contributed by atoms with Gasteiger partial charge in [0.25, 0.3) is 5.91 Å². The highest BCUT2D eigenvalue weighted by atomic mass is 16.5. The Hall–Kier alpha value is -3.85. The molecule has 2 N–H and O–H groups in total. The van der Waals surface area contributed by atoms with Crippen LogP contribution in [0.4, 0.5) is 5.69 Å². The van der Waals surface area contributed by atoms with Crippen LogP contribution in [0.5, 0.6) is 5.75 Å². The number of fused-ring (bicyclic) bond motifs is 1. The van der Waals surface area contributed by atoms with Crippen LogP contribution in [0, 0.1) is 11.3 Å². The maximum Gasteiger partial charge on any atom is 0.342 e. The Morgan fingerprint density at radius 1 is 1.07 bits per heavy atom. The molecule has 27 heavy (non-hydrogen) atoms. The van der Waals surface area contributed by atoms with Gasteiger partial charge >= 0.3 is 5.97 Å². The maximum absolute atomic E-state index is 12.4. The summed E-state index contributed by atoms with van der Waals surface area (Å²) in [6, 6.07) is 18.6. The van der Waals surface area contributed by atoms with E-state index in [4.69, 9.17) is 10.00 Å². The van der Waals surface area contributed by atoms with Gasteiger partial charge in [0.2, 0.25) is 0 Å². The maximum atomic E-state index is 12.4. The van der Waals surface area contributed by atoms with Crippen LogP contribution in [-0.2, 0) is 9.53 Å². The molecule has 0 saturated carbocycles. The molecule has 3 rings (SSSR count). The van der Waals surface area contributed by atoms with Crippen molar-refractivity contribution in [3.8, 4) is 11.8 Å². The summed E-state index contributed by atoms with van der Waals surface area (Å²) in [7, 11) is 0. The third-order valence-corrected chi connectivity index (χ3v) is 4.00. The Labute approximate surface area is 155 Å². The van der Waals surface area contributed by atoms with E-state index in [0.29, 0.717) is 11.3 Å². The predicted octanol–water partition coefficient (Wildman–Crippen LogP) is 3.60. The molecule has 3 aromatic carbocycles. The summed E-state index contributed by atoms with van der Waals surface area (Å²) in [5, 5.41) is 23.1. The third-order valence-electron chi connectivity index (χ3n) is 4.00. The molecule has 0 radical (unpaired) electrons. The molecule has 0 aliphatic heterocycles. The van der Waals surface area contributed by atoms with E-state index < -0.39 is 18.0 Å². The lowest BCUT2D eigenvalue weighted by atomic mass is 10.1. The van der Waals surface area contributed by atoms with E-state index in [0.717, 1.165) is 10.8 Å². The van der Waals surface area contributed by atoms with Crippen molar-refractivity contribution < 1.29 is 19.4 Å². The van der Waals surface area contributed by atoms with Gasteiger partial charge in [-0.2, -0.15) is 5.26 Å². The molecular formula is C21H16N2O4. The van der Waals surface area contributed by atoms with Gasteiger partial charge in [-0.05, 0) is 48.0 Å². The van der Waals surface area contributed by atoms with Crippen molar-refractivity contribution in [2.24, 2.45) is 0 Å². The van der Waals surface area contributed by atoms with Crippen LogP contribution in [0.15, 0.2) is 60.7 Å². The first-order chi connectivity index (χ1) is 13.0. The number of nitrogens with one attached hydrogen (secondary N) is 1. The molecule has 0 aliphatic carbocycles. The second-order valence-corrected chi connectivity index (χ2v) is 5.95. The van der Waals surface area contributed by atoms with Gasteiger partial charge in [0.15, 0.2) is 6.10 Å². The summed E-state index contributed by atoms with van der Waals surface area (Å²) in [5.74, 6) is -1.56. The van der Waals surface area contributed by atoms with Crippen LogP contribution in [-0.4, -0.2) is 23.1 Å². The van der Waals surface area contributed by atoms with Gasteiger partial charge in [-0.15, -0.1) is 0 Å². The van der Waals surface area contributed by atoms with Crippen molar-refractivity contribution in [1.29, 1.82) is 5.26 Å². The quantitative estimate of drug-likeness (QED) is 0.693. The molecule has 0 unspecified atom stereocenters. The van der Waals surface area contributed by atoms with Crippen LogP contribution < -0.4 is 5.32 Å². The number of amides is 1. The van der Waals surface area contributed by atoms with Crippen molar-refractivity contribution in [1.82, 2.24) is 0 Å². The molecule has 0 saturated heterocycles. The minimum atomic E-state index is -1.09. The Morgan fingerprint density at radius 2 is 1.78 bits per heavy atom. The molecule has 3 aromatic rings. The molecule has 1 amide bonds. The van der Waals surface area contributed by atoms with Crippen molar-refractivity contribution in [2.45, 2.75) is 13.0 Å². The van der Waals surface area contributed by atoms with Gasteiger partial charge in [-0.25, -0.2) is 4.79 Å². The lowest BCUT2D eigenvalue weighted by molar-refractivity contribution is -0.123. The molecule has 0 heterocycles. The van der Waals surface area contributed by atoms with E-state index in [-0.39, 0.29) is 11.3 Å². The van der Waals surface area contributed by atoms with Gasteiger partial charge in [0.1, 0.15) is 11.3 Å². The number of nitriles is 1. The van der Waals surface area contributed by atoms with Gasteiger partial charge in [0.05, 0.1) is 11.6 Å². The number of nitrogens with zero attached hydrogens (tertiary/aromatic N) is 1. The van der Waals surface area contributed by atoms with E-state index in [1.807, 2.05) is 30.3 Å². The molecule has 134 valence electrons. The fourth-order valence-corrected chi connectivity index (χ4v) is 2.58. The van der Waals surface area contributed by atoms with Crippen LogP contribution in [0.3, 0.4) is 0 Å². The molecule has 0 aliphatic rings. The fourth-order valence-electron chi connectivity index (χ4n) is 2.58. The van der Waals surface area contributed by atoms with E-state index in [9.17, 15) is 14.7 Å². The lowest BCUT2D eigenvalue weighted by Crippen LogP contribution is -2.30. The van der Waals surface area contributed by atoms with Gasteiger partial charge in [-0.1, -0.05) is 30.3 Å². The summed E-state index contributed by atoms with van der Waals surface area (Å²) < 4.78 is 5.18. The predicted molar refractivity (Wildman–Crippen MR) is 100 cm³/mol. The Morgan fingerprint density at radius 3 is 2.48 bits per heavy atom. The van der Waals surface area contributed by atoms with Crippen LogP contribution in [0.2, 0.25) is 0 Å². The number of anilines is 1. The molecule has 1 atom stereocenters.